The summed E-state index contributed by atoms with van der Waals surface area (Å²) in [6.07, 6.45) is 2.64. The van der Waals surface area contributed by atoms with E-state index >= 15 is 0 Å². The fraction of sp³-hybridized carbons (Fsp3) is 0.367. The normalized spacial score (nSPS) is 14.3. The van der Waals surface area contributed by atoms with Crippen LogP contribution in [0.5, 0.6) is 11.8 Å². The first kappa shape index (κ1) is 27.2. The largest absolute Gasteiger partial charge is 0.444 e. The molecule has 1 aliphatic heterocycles. The number of hydrogen-bond acceptors (Lipinski definition) is 7. The first-order chi connectivity index (χ1) is 19.1. The molecular formula is C30H33FN6O3. The molecule has 3 heterocycles. The minimum absolute atomic E-state index is 0.0332. The van der Waals surface area contributed by atoms with Gasteiger partial charge in [-0.05, 0) is 101 Å². The van der Waals surface area contributed by atoms with Crippen molar-refractivity contribution in [3.05, 3.63) is 71.7 Å². The maximum Gasteiger partial charge on any atom is 0.410 e. The van der Waals surface area contributed by atoms with E-state index in [1.807, 2.05) is 51.4 Å². The topological polar surface area (TPSA) is 95.3 Å². The Morgan fingerprint density at radius 1 is 1.00 bits per heavy atom. The summed E-state index contributed by atoms with van der Waals surface area (Å²) in [4.78, 5) is 23.4. The Morgan fingerprint density at radius 3 is 2.33 bits per heavy atom. The average Bonchev–Trinajstić information content (AvgIpc) is 3.33. The van der Waals surface area contributed by atoms with Crippen LogP contribution in [0.25, 0.3) is 22.6 Å². The smallest absolute Gasteiger partial charge is 0.410 e. The Kier molecular flexibility index (Phi) is 7.51. The summed E-state index contributed by atoms with van der Waals surface area (Å²) in [5, 5.41) is 9.01. The van der Waals surface area contributed by atoms with Crippen LogP contribution in [0.3, 0.4) is 0 Å². The standard InChI is InChI=1S/C30H33FN6O3/c1-19-16-20(2)18-24(17-19)39-28-32-13-10-25(33-28)27-26(21-6-8-22(31)9-7-21)34-35-37(27)23-11-14-36(15-12-23)29(38)40-30(3,4)5/h6-10,13,16-18,23H,11-12,14-15H2,1-5H3. The summed E-state index contributed by atoms with van der Waals surface area (Å²) in [6.45, 7) is 10.6. The quantitative estimate of drug-likeness (QED) is 0.282. The predicted octanol–water partition coefficient (Wildman–Crippen LogP) is 6.52. The maximum atomic E-state index is 13.7. The molecule has 0 bridgehead atoms. The number of carbonyl (C=O) groups is 1. The minimum atomic E-state index is -0.555. The zero-order chi connectivity index (χ0) is 28.4. The van der Waals surface area contributed by atoms with E-state index < -0.39 is 5.60 Å². The molecule has 0 spiro atoms. The molecule has 1 amide bonds. The van der Waals surface area contributed by atoms with Crippen LogP contribution in [-0.4, -0.2) is 54.6 Å². The predicted molar refractivity (Wildman–Crippen MR) is 149 cm³/mol. The molecular weight excluding hydrogens is 511 g/mol. The van der Waals surface area contributed by atoms with Crippen molar-refractivity contribution in [1.82, 2.24) is 29.9 Å². The number of aryl methyl sites for hydroxylation is 2. The molecule has 5 rings (SSSR count). The van der Waals surface area contributed by atoms with Crippen molar-refractivity contribution in [2.24, 2.45) is 0 Å². The average molecular weight is 545 g/mol. The van der Waals surface area contributed by atoms with Crippen molar-refractivity contribution in [1.29, 1.82) is 0 Å². The lowest BCUT2D eigenvalue weighted by molar-refractivity contribution is 0.0185. The van der Waals surface area contributed by atoms with Gasteiger partial charge in [-0.3, -0.25) is 0 Å². The number of ether oxygens (including phenoxy) is 2. The summed E-state index contributed by atoms with van der Waals surface area (Å²) < 4.78 is 27.2. The second-order valence-electron chi connectivity index (χ2n) is 11.1. The molecule has 4 aromatic rings. The van der Waals surface area contributed by atoms with E-state index in [-0.39, 0.29) is 24.0 Å². The first-order valence-corrected chi connectivity index (χ1v) is 13.3. The van der Waals surface area contributed by atoms with Crippen LogP contribution in [0, 0.1) is 19.7 Å². The Balaban J connectivity index is 1.47. The van der Waals surface area contributed by atoms with Gasteiger partial charge >= 0.3 is 12.1 Å². The second kappa shape index (κ2) is 11.0. The molecule has 0 aliphatic carbocycles. The van der Waals surface area contributed by atoms with Gasteiger partial charge < -0.3 is 14.4 Å². The van der Waals surface area contributed by atoms with Crippen LogP contribution < -0.4 is 4.74 Å². The summed E-state index contributed by atoms with van der Waals surface area (Å²) in [5.74, 6) is 0.313. The number of aromatic nitrogens is 5. The van der Waals surface area contributed by atoms with Crippen molar-refractivity contribution in [2.75, 3.05) is 13.1 Å². The molecule has 208 valence electrons. The lowest BCUT2D eigenvalue weighted by Gasteiger charge is -2.33. The Bertz CT molecular complexity index is 1480. The van der Waals surface area contributed by atoms with Gasteiger partial charge in [-0.2, -0.15) is 4.98 Å². The number of amides is 1. The molecule has 2 aromatic carbocycles. The number of halogens is 1. The Morgan fingerprint density at radius 2 is 1.68 bits per heavy atom. The molecule has 40 heavy (non-hydrogen) atoms. The fourth-order valence-electron chi connectivity index (χ4n) is 4.83. The van der Waals surface area contributed by atoms with Gasteiger partial charge in [-0.25, -0.2) is 18.9 Å². The van der Waals surface area contributed by atoms with E-state index in [0.717, 1.165) is 11.1 Å². The third-order valence-corrected chi connectivity index (χ3v) is 6.55. The van der Waals surface area contributed by atoms with Crippen LogP contribution in [0.2, 0.25) is 0 Å². The molecule has 1 aliphatic rings. The highest BCUT2D eigenvalue weighted by Crippen LogP contribution is 2.35. The highest BCUT2D eigenvalue weighted by molar-refractivity contribution is 5.76. The monoisotopic (exact) mass is 544 g/mol. The van der Waals surface area contributed by atoms with E-state index in [1.165, 1.54) is 12.1 Å². The maximum absolute atomic E-state index is 13.7. The number of nitrogens with zero attached hydrogens (tertiary/aromatic N) is 6. The van der Waals surface area contributed by atoms with Crippen molar-refractivity contribution in [3.8, 4) is 34.4 Å². The Hall–Kier alpha value is -4.34. The number of rotatable bonds is 5. The van der Waals surface area contributed by atoms with Gasteiger partial charge in [-0.15, -0.1) is 5.10 Å². The molecule has 0 radical (unpaired) electrons. The van der Waals surface area contributed by atoms with Gasteiger partial charge in [-0.1, -0.05) is 11.3 Å². The highest BCUT2D eigenvalue weighted by Gasteiger charge is 2.31. The van der Waals surface area contributed by atoms with Crippen LogP contribution in [0.4, 0.5) is 9.18 Å². The third-order valence-electron chi connectivity index (χ3n) is 6.55. The van der Waals surface area contributed by atoms with Crippen molar-refractivity contribution >= 4 is 6.09 Å². The van der Waals surface area contributed by atoms with E-state index in [9.17, 15) is 9.18 Å². The van der Waals surface area contributed by atoms with E-state index in [2.05, 4.69) is 21.4 Å². The van der Waals surface area contributed by atoms with Crippen LogP contribution in [-0.2, 0) is 4.74 Å². The summed E-state index contributed by atoms with van der Waals surface area (Å²) in [6, 6.07) is 14.0. The van der Waals surface area contributed by atoms with E-state index in [4.69, 9.17) is 14.5 Å². The molecule has 0 atom stereocenters. The van der Waals surface area contributed by atoms with Crippen LogP contribution in [0.15, 0.2) is 54.7 Å². The van der Waals surface area contributed by atoms with Gasteiger partial charge in [0, 0.05) is 24.8 Å². The number of likely N-dealkylation sites (tertiary alicyclic amines) is 1. The number of hydrogen-bond donors (Lipinski definition) is 0. The lowest BCUT2D eigenvalue weighted by atomic mass is 10.0. The van der Waals surface area contributed by atoms with Crippen molar-refractivity contribution in [2.45, 2.75) is 59.1 Å². The number of benzene rings is 2. The molecule has 2 aromatic heterocycles. The molecule has 0 saturated carbocycles. The van der Waals surface area contributed by atoms with E-state index in [0.29, 0.717) is 54.3 Å². The lowest BCUT2D eigenvalue weighted by Crippen LogP contribution is -2.42. The fourth-order valence-corrected chi connectivity index (χ4v) is 4.83. The summed E-state index contributed by atoms with van der Waals surface area (Å²) in [7, 11) is 0. The van der Waals surface area contributed by atoms with Crippen molar-refractivity contribution in [3.63, 3.8) is 0 Å². The third kappa shape index (κ3) is 6.27. The summed E-state index contributed by atoms with van der Waals surface area (Å²) in [5.41, 5.74) is 4.13. The molecule has 9 nitrogen and oxygen atoms in total. The number of carbonyl (C=O) groups excluding carboxylic acids is 1. The van der Waals surface area contributed by atoms with Crippen LogP contribution >= 0.6 is 0 Å². The molecule has 0 unspecified atom stereocenters. The Labute approximate surface area is 233 Å². The van der Waals surface area contributed by atoms with Crippen LogP contribution in [0.1, 0.15) is 50.8 Å². The number of piperidine rings is 1. The minimum Gasteiger partial charge on any atom is -0.444 e. The van der Waals surface area contributed by atoms with Crippen molar-refractivity contribution < 1.29 is 18.7 Å². The zero-order valence-electron chi connectivity index (χ0n) is 23.4. The van der Waals surface area contributed by atoms with E-state index in [1.54, 1.807) is 29.3 Å². The highest BCUT2D eigenvalue weighted by atomic mass is 19.1. The molecule has 10 heteroatoms. The second-order valence-corrected chi connectivity index (χ2v) is 11.1. The molecule has 0 N–H and O–H groups in total. The van der Waals surface area contributed by atoms with Gasteiger partial charge in [0.25, 0.3) is 0 Å². The molecule has 1 fully saturated rings. The van der Waals surface area contributed by atoms with Gasteiger partial charge in [0.2, 0.25) is 0 Å². The SMILES string of the molecule is Cc1cc(C)cc(Oc2nccc(-c3c(-c4ccc(F)cc4)nnn3C3CCN(C(=O)OC(C)(C)C)CC3)n2)c1. The van der Waals surface area contributed by atoms with Gasteiger partial charge in [0.05, 0.1) is 11.7 Å². The molecule has 1 saturated heterocycles. The zero-order valence-corrected chi connectivity index (χ0v) is 23.4. The first-order valence-electron chi connectivity index (χ1n) is 13.3. The summed E-state index contributed by atoms with van der Waals surface area (Å²) >= 11 is 0. The van der Waals surface area contributed by atoms with Gasteiger partial charge in [0.15, 0.2) is 0 Å². The van der Waals surface area contributed by atoms with Gasteiger partial charge in [0.1, 0.15) is 28.6 Å².